The number of carbonyl (C=O) groups is 2. The number of hydrogen-bond donors (Lipinski definition) is 2. The highest BCUT2D eigenvalue weighted by molar-refractivity contribution is 5.94. The fraction of sp³-hybridized carbons (Fsp3) is 0.556. The highest BCUT2D eigenvalue weighted by atomic mass is 35.5. The van der Waals surface area contributed by atoms with E-state index < -0.39 is 6.04 Å². The third-order valence-corrected chi connectivity index (χ3v) is 4.50. The molecule has 0 saturated carbocycles. The maximum atomic E-state index is 12.2. The van der Waals surface area contributed by atoms with Crippen molar-refractivity contribution in [3.8, 4) is 0 Å². The highest BCUT2D eigenvalue weighted by Gasteiger charge is 2.20. The largest absolute Gasteiger partial charge is 0.378 e. The van der Waals surface area contributed by atoms with Crippen LogP contribution in [0.2, 0.25) is 0 Å². The number of rotatable bonds is 6. The number of nitrogens with one attached hydrogen (secondary N) is 1. The van der Waals surface area contributed by atoms with Gasteiger partial charge in [0.25, 0.3) is 0 Å². The number of nitrogens with zero attached hydrogens (tertiary/aromatic N) is 1. The van der Waals surface area contributed by atoms with Gasteiger partial charge in [0.1, 0.15) is 0 Å². The smallest absolute Gasteiger partial charge is 0.241 e. The quantitative estimate of drug-likeness (QED) is 0.801. The first kappa shape index (κ1) is 21.4. The van der Waals surface area contributed by atoms with Gasteiger partial charge >= 0.3 is 0 Å². The van der Waals surface area contributed by atoms with Crippen molar-refractivity contribution in [3.63, 3.8) is 0 Å². The Kier molecular flexibility index (Phi) is 8.89. The average Bonchev–Trinajstić information content (AvgIpc) is 2.62. The Balaban J connectivity index is 0.00000312. The lowest BCUT2D eigenvalue weighted by molar-refractivity contribution is -0.134. The molecule has 0 spiro atoms. The van der Waals surface area contributed by atoms with E-state index in [4.69, 9.17) is 10.5 Å². The van der Waals surface area contributed by atoms with E-state index in [2.05, 4.69) is 5.32 Å². The summed E-state index contributed by atoms with van der Waals surface area (Å²) in [5, 5.41) is 2.83. The summed E-state index contributed by atoms with van der Waals surface area (Å²) in [4.78, 5) is 26.1. The first-order valence-corrected chi connectivity index (χ1v) is 8.52. The molecule has 1 aromatic rings. The maximum absolute atomic E-state index is 12.2. The summed E-state index contributed by atoms with van der Waals surface area (Å²) >= 11 is 0. The lowest BCUT2D eigenvalue weighted by Gasteiger charge is -2.26. The topological polar surface area (TPSA) is 84.7 Å². The fourth-order valence-electron chi connectivity index (χ4n) is 2.54. The zero-order chi connectivity index (χ0) is 17.5. The van der Waals surface area contributed by atoms with Gasteiger partial charge in [-0.25, -0.2) is 0 Å². The van der Waals surface area contributed by atoms with Gasteiger partial charge in [-0.05, 0) is 23.6 Å². The molecule has 3 N–H and O–H groups in total. The van der Waals surface area contributed by atoms with Crippen LogP contribution in [0.15, 0.2) is 24.3 Å². The van der Waals surface area contributed by atoms with Gasteiger partial charge in [-0.1, -0.05) is 32.4 Å². The summed E-state index contributed by atoms with van der Waals surface area (Å²) in [6.45, 7) is 6.49. The van der Waals surface area contributed by atoms with Crippen LogP contribution < -0.4 is 11.1 Å². The third-order valence-electron chi connectivity index (χ3n) is 4.50. The van der Waals surface area contributed by atoms with Crippen molar-refractivity contribution < 1.29 is 14.3 Å². The molecule has 0 bridgehead atoms. The second-order valence-corrected chi connectivity index (χ2v) is 6.27. The number of amides is 2. The van der Waals surface area contributed by atoms with Crippen molar-refractivity contribution in [3.05, 3.63) is 29.8 Å². The van der Waals surface area contributed by atoms with Gasteiger partial charge < -0.3 is 20.7 Å². The minimum atomic E-state index is -0.516. The number of halogens is 1. The molecule has 7 heteroatoms. The molecular formula is C18H28ClN3O3. The van der Waals surface area contributed by atoms with E-state index in [0.29, 0.717) is 38.4 Å². The number of morpholine rings is 1. The van der Waals surface area contributed by atoms with Crippen molar-refractivity contribution >= 4 is 29.9 Å². The van der Waals surface area contributed by atoms with Crippen LogP contribution in [0, 0.1) is 5.92 Å². The van der Waals surface area contributed by atoms with Gasteiger partial charge in [-0.2, -0.15) is 0 Å². The summed E-state index contributed by atoms with van der Waals surface area (Å²) in [5.41, 5.74) is 7.55. The third kappa shape index (κ3) is 6.30. The summed E-state index contributed by atoms with van der Waals surface area (Å²) in [6.07, 6.45) is 1.22. The predicted octanol–water partition coefficient (Wildman–Crippen LogP) is 1.82. The zero-order valence-corrected chi connectivity index (χ0v) is 15.7. The second kappa shape index (κ2) is 10.4. The standard InChI is InChI=1S/C18H27N3O3.ClH/c1-3-13(2)17(19)18(23)20-15-6-4-14(5-7-15)12-16(22)21-8-10-24-11-9-21;/h4-7,13,17H,3,8-12,19H2,1-2H3,(H,20,23);1H. The van der Waals surface area contributed by atoms with E-state index in [0.717, 1.165) is 12.0 Å². The molecule has 0 aromatic heterocycles. The lowest BCUT2D eigenvalue weighted by Crippen LogP contribution is -2.41. The Morgan fingerprint density at radius 1 is 1.24 bits per heavy atom. The van der Waals surface area contributed by atoms with Crippen molar-refractivity contribution in [2.45, 2.75) is 32.7 Å². The number of ether oxygens (including phenoxy) is 1. The molecule has 2 rings (SSSR count). The summed E-state index contributed by atoms with van der Waals surface area (Å²) < 4.78 is 5.25. The Morgan fingerprint density at radius 2 is 1.84 bits per heavy atom. The highest BCUT2D eigenvalue weighted by Crippen LogP contribution is 2.13. The van der Waals surface area contributed by atoms with Crippen molar-refractivity contribution in [1.29, 1.82) is 0 Å². The van der Waals surface area contributed by atoms with Crippen LogP contribution in [0.5, 0.6) is 0 Å². The normalized spacial score (nSPS) is 16.5. The van der Waals surface area contributed by atoms with Crippen LogP contribution in [-0.4, -0.2) is 49.1 Å². The molecule has 1 aliphatic rings. The van der Waals surface area contributed by atoms with Crippen molar-refractivity contribution in [1.82, 2.24) is 4.90 Å². The second-order valence-electron chi connectivity index (χ2n) is 6.27. The number of benzene rings is 1. The van der Waals surface area contributed by atoms with Crippen LogP contribution >= 0.6 is 12.4 Å². The van der Waals surface area contributed by atoms with E-state index in [1.807, 2.05) is 43.0 Å². The van der Waals surface area contributed by atoms with Crippen LogP contribution in [0.3, 0.4) is 0 Å². The first-order valence-electron chi connectivity index (χ1n) is 8.52. The Hall–Kier alpha value is -1.63. The van der Waals surface area contributed by atoms with Crippen LogP contribution in [0.25, 0.3) is 0 Å². The lowest BCUT2D eigenvalue weighted by atomic mass is 9.99. The minimum absolute atomic E-state index is 0. The van der Waals surface area contributed by atoms with Gasteiger partial charge in [0.2, 0.25) is 11.8 Å². The van der Waals surface area contributed by atoms with Crippen LogP contribution in [-0.2, 0) is 20.7 Å². The Bertz CT molecular complexity index is 524. The van der Waals surface area contributed by atoms with Crippen LogP contribution in [0.1, 0.15) is 25.8 Å². The van der Waals surface area contributed by atoms with Crippen LogP contribution in [0.4, 0.5) is 5.69 Å². The molecule has 1 aromatic carbocycles. The molecule has 1 heterocycles. The minimum Gasteiger partial charge on any atom is -0.378 e. The first-order chi connectivity index (χ1) is 11.5. The molecule has 1 saturated heterocycles. The van der Waals surface area contributed by atoms with E-state index in [1.54, 1.807) is 0 Å². The number of hydrogen-bond acceptors (Lipinski definition) is 4. The molecule has 1 aliphatic heterocycles. The number of nitrogens with two attached hydrogens (primary N) is 1. The van der Waals surface area contributed by atoms with E-state index in [1.165, 1.54) is 0 Å². The number of carbonyl (C=O) groups excluding carboxylic acids is 2. The van der Waals surface area contributed by atoms with Gasteiger partial charge in [-0.15, -0.1) is 12.4 Å². The molecule has 2 amide bonds. The average molecular weight is 370 g/mol. The molecule has 0 radical (unpaired) electrons. The van der Waals surface area contributed by atoms with Gasteiger partial charge in [0.05, 0.1) is 25.7 Å². The SMILES string of the molecule is CCC(C)C(N)C(=O)Nc1ccc(CC(=O)N2CCOCC2)cc1.Cl. The van der Waals surface area contributed by atoms with E-state index >= 15 is 0 Å². The number of anilines is 1. The molecule has 140 valence electrons. The van der Waals surface area contributed by atoms with Crippen molar-refractivity contribution in [2.24, 2.45) is 11.7 Å². The molecule has 0 aliphatic carbocycles. The molecule has 25 heavy (non-hydrogen) atoms. The Labute approximate surface area is 155 Å². The van der Waals surface area contributed by atoms with Gasteiger partial charge in [0, 0.05) is 18.8 Å². The molecular weight excluding hydrogens is 342 g/mol. The molecule has 2 atom stereocenters. The summed E-state index contributed by atoms with van der Waals surface area (Å²) in [6, 6.07) is 6.83. The predicted molar refractivity (Wildman–Crippen MR) is 101 cm³/mol. The molecule has 1 fully saturated rings. The van der Waals surface area contributed by atoms with E-state index in [-0.39, 0.29) is 30.1 Å². The summed E-state index contributed by atoms with van der Waals surface area (Å²) in [5.74, 6) is 0.0609. The Morgan fingerprint density at radius 3 is 2.40 bits per heavy atom. The monoisotopic (exact) mass is 369 g/mol. The molecule has 6 nitrogen and oxygen atoms in total. The van der Waals surface area contributed by atoms with Crippen molar-refractivity contribution in [2.75, 3.05) is 31.6 Å². The molecule has 2 unspecified atom stereocenters. The van der Waals surface area contributed by atoms with Gasteiger partial charge in [0.15, 0.2) is 0 Å². The van der Waals surface area contributed by atoms with Gasteiger partial charge in [-0.3, -0.25) is 9.59 Å². The summed E-state index contributed by atoms with van der Waals surface area (Å²) in [7, 11) is 0. The maximum Gasteiger partial charge on any atom is 0.241 e. The zero-order valence-electron chi connectivity index (χ0n) is 14.9. The van der Waals surface area contributed by atoms with E-state index in [9.17, 15) is 9.59 Å². The fourth-order valence-corrected chi connectivity index (χ4v) is 2.54.